The molecule has 0 heterocycles. The van der Waals surface area contributed by atoms with E-state index in [9.17, 15) is 14.4 Å². The van der Waals surface area contributed by atoms with Gasteiger partial charge >= 0.3 is 0 Å². The van der Waals surface area contributed by atoms with Crippen molar-refractivity contribution in [3.8, 4) is 0 Å². The molecule has 7 nitrogen and oxygen atoms in total. The third kappa shape index (κ3) is 16.1. The first-order valence-electron chi connectivity index (χ1n) is 11.1. The SMILES string of the molecule is CCCCC[C@H](NC(=O)COCCOCCC)C(=O)NCCCC[C@H](C)C(C)=O. The summed E-state index contributed by atoms with van der Waals surface area (Å²) in [7, 11) is 0. The van der Waals surface area contributed by atoms with Crippen LogP contribution in [0.4, 0.5) is 0 Å². The fourth-order valence-corrected chi connectivity index (χ4v) is 2.75. The minimum absolute atomic E-state index is 0.0687. The topological polar surface area (TPSA) is 93.7 Å². The summed E-state index contributed by atoms with van der Waals surface area (Å²) < 4.78 is 10.6. The second-order valence-electron chi connectivity index (χ2n) is 7.58. The lowest BCUT2D eigenvalue weighted by molar-refractivity contribution is -0.132. The Hall–Kier alpha value is -1.47. The van der Waals surface area contributed by atoms with Gasteiger partial charge in [-0.05, 0) is 32.6 Å². The lowest BCUT2D eigenvalue weighted by Crippen LogP contribution is -2.48. The lowest BCUT2D eigenvalue weighted by atomic mass is 10.0. The van der Waals surface area contributed by atoms with Gasteiger partial charge in [-0.3, -0.25) is 14.4 Å². The zero-order valence-corrected chi connectivity index (χ0v) is 18.9. The number of carbonyl (C=O) groups is 3. The molecular formula is C22H42N2O5. The van der Waals surface area contributed by atoms with Crippen molar-refractivity contribution >= 4 is 17.6 Å². The van der Waals surface area contributed by atoms with Crippen LogP contribution in [0.2, 0.25) is 0 Å². The molecular weight excluding hydrogens is 372 g/mol. The molecule has 0 unspecified atom stereocenters. The predicted octanol–water partition coefficient (Wildman–Crippen LogP) is 3.01. The molecule has 0 aliphatic carbocycles. The minimum atomic E-state index is -0.537. The largest absolute Gasteiger partial charge is 0.379 e. The van der Waals surface area contributed by atoms with Gasteiger partial charge in [-0.15, -0.1) is 0 Å². The summed E-state index contributed by atoms with van der Waals surface area (Å²) in [4.78, 5) is 35.8. The van der Waals surface area contributed by atoms with E-state index in [0.717, 1.165) is 44.9 Å². The van der Waals surface area contributed by atoms with Crippen molar-refractivity contribution in [2.24, 2.45) is 5.92 Å². The van der Waals surface area contributed by atoms with Crippen LogP contribution in [-0.4, -0.2) is 56.6 Å². The highest BCUT2D eigenvalue weighted by Gasteiger charge is 2.20. The van der Waals surface area contributed by atoms with Crippen molar-refractivity contribution in [1.82, 2.24) is 10.6 Å². The Morgan fingerprint density at radius 3 is 2.21 bits per heavy atom. The molecule has 0 aromatic heterocycles. The third-order valence-electron chi connectivity index (χ3n) is 4.76. The Bertz CT molecular complexity index is 456. The first-order valence-corrected chi connectivity index (χ1v) is 11.1. The molecule has 0 radical (unpaired) electrons. The van der Waals surface area contributed by atoms with Gasteiger partial charge in [-0.25, -0.2) is 0 Å². The van der Waals surface area contributed by atoms with E-state index in [4.69, 9.17) is 9.47 Å². The monoisotopic (exact) mass is 414 g/mol. The van der Waals surface area contributed by atoms with Gasteiger partial charge in [0.05, 0.1) is 13.2 Å². The number of amides is 2. The van der Waals surface area contributed by atoms with Gasteiger partial charge in [0.15, 0.2) is 0 Å². The number of nitrogens with one attached hydrogen (secondary N) is 2. The van der Waals surface area contributed by atoms with Gasteiger partial charge in [0.1, 0.15) is 18.4 Å². The van der Waals surface area contributed by atoms with Gasteiger partial charge in [-0.2, -0.15) is 0 Å². The summed E-state index contributed by atoms with van der Waals surface area (Å²) in [5.41, 5.74) is 0. The summed E-state index contributed by atoms with van der Waals surface area (Å²) in [6.07, 6.45) is 7.07. The molecule has 0 aliphatic rings. The van der Waals surface area contributed by atoms with Crippen LogP contribution >= 0.6 is 0 Å². The van der Waals surface area contributed by atoms with Crippen LogP contribution in [0.25, 0.3) is 0 Å². The van der Waals surface area contributed by atoms with E-state index in [0.29, 0.717) is 32.8 Å². The van der Waals surface area contributed by atoms with Crippen molar-refractivity contribution in [2.45, 2.75) is 85.1 Å². The molecule has 29 heavy (non-hydrogen) atoms. The van der Waals surface area contributed by atoms with Gasteiger partial charge < -0.3 is 20.1 Å². The first-order chi connectivity index (χ1) is 13.9. The van der Waals surface area contributed by atoms with Crippen LogP contribution in [0.5, 0.6) is 0 Å². The van der Waals surface area contributed by atoms with E-state index in [2.05, 4.69) is 17.6 Å². The van der Waals surface area contributed by atoms with Crippen LogP contribution in [0, 0.1) is 5.92 Å². The van der Waals surface area contributed by atoms with Crippen LogP contribution in [-0.2, 0) is 23.9 Å². The van der Waals surface area contributed by atoms with Crippen molar-refractivity contribution in [3.63, 3.8) is 0 Å². The first kappa shape index (κ1) is 27.5. The quantitative estimate of drug-likeness (QED) is 0.317. The summed E-state index contributed by atoms with van der Waals surface area (Å²) >= 11 is 0. The molecule has 0 spiro atoms. The second-order valence-corrected chi connectivity index (χ2v) is 7.58. The highest BCUT2D eigenvalue weighted by atomic mass is 16.5. The molecule has 170 valence electrons. The van der Waals surface area contributed by atoms with Crippen LogP contribution in [0.3, 0.4) is 0 Å². The van der Waals surface area contributed by atoms with Crippen LogP contribution in [0.15, 0.2) is 0 Å². The number of Topliss-reactive ketones (excluding diaryl/α,β-unsaturated/α-hetero) is 1. The molecule has 0 fully saturated rings. The fraction of sp³-hybridized carbons (Fsp3) is 0.864. The molecule has 2 atom stereocenters. The van der Waals surface area contributed by atoms with E-state index < -0.39 is 6.04 Å². The Labute approximate surface area is 176 Å². The number of rotatable bonds is 19. The Kier molecular flexibility index (Phi) is 17.6. The maximum absolute atomic E-state index is 12.5. The van der Waals surface area contributed by atoms with E-state index >= 15 is 0 Å². The number of ketones is 1. The van der Waals surface area contributed by atoms with Crippen LogP contribution in [0.1, 0.15) is 79.1 Å². The highest BCUT2D eigenvalue weighted by Crippen LogP contribution is 2.08. The van der Waals surface area contributed by atoms with Gasteiger partial charge in [0.2, 0.25) is 11.8 Å². The molecule has 0 aliphatic heterocycles. The number of hydrogen-bond donors (Lipinski definition) is 2. The average Bonchev–Trinajstić information content (AvgIpc) is 2.69. The second kappa shape index (κ2) is 18.6. The van der Waals surface area contributed by atoms with E-state index in [1.165, 1.54) is 0 Å². The molecule has 7 heteroatoms. The minimum Gasteiger partial charge on any atom is -0.379 e. The molecule has 0 rings (SSSR count). The maximum Gasteiger partial charge on any atom is 0.246 e. The number of ether oxygens (including phenoxy) is 2. The van der Waals surface area contributed by atoms with Gasteiger partial charge in [-0.1, -0.05) is 46.5 Å². The standard InChI is InChI=1S/C22H42N2O5/c1-5-7-8-12-20(24-21(26)17-29-16-15-28-14-6-2)22(27)23-13-10-9-11-18(3)19(4)25/h18,20H,5-17H2,1-4H3,(H,23,27)(H,24,26)/t18-,20-/m0/s1. The Morgan fingerprint density at radius 1 is 0.862 bits per heavy atom. The Balaban J connectivity index is 4.21. The molecule has 0 saturated heterocycles. The van der Waals surface area contributed by atoms with Gasteiger partial charge in [0, 0.05) is 19.1 Å². The van der Waals surface area contributed by atoms with E-state index in [1.807, 2.05) is 13.8 Å². The number of hydrogen-bond acceptors (Lipinski definition) is 5. The molecule has 0 bridgehead atoms. The zero-order valence-electron chi connectivity index (χ0n) is 18.9. The van der Waals surface area contributed by atoms with E-state index in [-0.39, 0.29) is 30.1 Å². The zero-order chi connectivity index (χ0) is 21.9. The van der Waals surface area contributed by atoms with Gasteiger partial charge in [0.25, 0.3) is 0 Å². The third-order valence-corrected chi connectivity index (χ3v) is 4.76. The fourth-order valence-electron chi connectivity index (χ4n) is 2.75. The molecule has 0 aromatic carbocycles. The number of carbonyl (C=O) groups excluding carboxylic acids is 3. The lowest BCUT2D eigenvalue weighted by Gasteiger charge is -2.18. The molecule has 2 N–H and O–H groups in total. The van der Waals surface area contributed by atoms with Crippen molar-refractivity contribution in [2.75, 3.05) is 33.0 Å². The molecule has 2 amide bonds. The summed E-state index contributed by atoms with van der Waals surface area (Å²) in [5.74, 6) is -0.168. The normalized spacial score (nSPS) is 13.0. The summed E-state index contributed by atoms with van der Waals surface area (Å²) in [6.45, 7) is 9.65. The van der Waals surface area contributed by atoms with Crippen LogP contribution < -0.4 is 10.6 Å². The highest BCUT2D eigenvalue weighted by molar-refractivity contribution is 5.88. The van der Waals surface area contributed by atoms with E-state index in [1.54, 1.807) is 6.92 Å². The predicted molar refractivity (Wildman–Crippen MR) is 115 cm³/mol. The molecule has 0 saturated carbocycles. The smallest absolute Gasteiger partial charge is 0.246 e. The van der Waals surface area contributed by atoms with Crippen molar-refractivity contribution in [1.29, 1.82) is 0 Å². The maximum atomic E-state index is 12.5. The molecule has 0 aromatic rings. The van der Waals surface area contributed by atoms with Crippen molar-refractivity contribution in [3.05, 3.63) is 0 Å². The Morgan fingerprint density at radius 2 is 1.55 bits per heavy atom. The summed E-state index contributed by atoms with van der Waals surface area (Å²) in [6, 6.07) is -0.537. The summed E-state index contributed by atoms with van der Waals surface area (Å²) in [5, 5.41) is 5.70. The number of unbranched alkanes of at least 4 members (excludes halogenated alkanes) is 3. The van der Waals surface area contributed by atoms with Crippen molar-refractivity contribution < 1.29 is 23.9 Å². The average molecular weight is 415 g/mol.